The summed E-state index contributed by atoms with van der Waals surface area (Å²) in [6.45, 7) is 28.8. The summed E-state index contributed by atoms with van der Waals surface area (Å²) in [7, 11) is 0. The van der Waals surface area contributed by atoms with Crippen LogP contribution in [0.2, 0.25) is 0 Å². The molecule has 2 N–H and O–H groups in total. The summed E-state index contributed by atoms with van der Waals surface area (Å²) in [5.74, 6) is -8.09. The Kier molecular flexibility index (Phi) is 43.0. The van der Waals surface area contributed by atoms with Gasteiger partial charge in [0.15, 0.2) is 0 Å². The van der Waals surface area contributed by atoms with Crippen LogP contribution in [0.25, 0.3) is 0 Å². The molecular weight excluding hydrogens is 1950 g/mol. The lowest BCUT2D eigenvalue weighted by atomic mass is 9.85. The number of nitrogens with zero attached hydrogens (tertiary/aromatic N) is 28. The van der Waals surface area contributed by atoms with Crippen LogP contribution in [0, 0.1) is 71.0 Å². The number of imide groups is 1. The molecule has 10 heterocycles. The van der Waals surface area contributed by atoms with Gasteiger partial charge in [0.25, 0.3) is 0 Å². The van der Waals surface area contributed by atoms with E-state index in [2.05, 4.69) is 110 Å². The molecule has 9 aromatic rings. The van der Waals surface area contributed by atoms with Crippen molar-refractivity contribution in [3.8, 4) is 0 Å². The monoisotopic (exact) mass is 2090 g/mol. The summed E-state index contributed by atoms with van der Waals surface area (Å²) in [4.78, 5) is 146. The molecule has 818 valence electrons. The number of likely N-dealkylation sites (tertiary alicyclic amines) is 1. The molecule has 52 heteroatoms. The molecular formula is C98H143N29O23. The van der Waals surface area contributed by atoms with Gasteiger partial charge in [0.05, 0.1) is 219 Å². The Hall–Kier alpha value is -13.8. The highest BCUT2D eigenvalue weighted by Gasteiger charge is 2.59. The first-order valence-electron chi connectivity index (χ1n) is 51.5. The van der Waals surface area contributed by atoms with Crippen molar-refractivity contribution < 1.29 is 110 Å². The fourth-order valence-corrected chi connectivity index (χ4v) is 16.7. The van der Waals surface area contributed by atoms with E-state index in [0.717, 1.165) is 6.42 Å². The number of amides is 3. The van der Waals surface area contributed by atoms with E-state index in [0.29, 0.717) is 117 Å². The standard InChI is InChI=1S/C98H143N29O23/c1-59(2)91(132)143-51-78(33-69-42-118(109-100-69)24-26-140-28-30-142-31-29-141-27-25-128)120-43-70(101-110-120)34-79(52-144-92(133)60(3)4)121-44-71(102-111-121)35-80(53-145-93(134)61(5)6)122-45-72(103-112-122)36-81(54-146-94(135)62(7)8)123-46-73(104-113-123)37-82(55-147-95(136)63(9)10)124-47-74(105-114-124)38-83(56-148-96(137)64(11)12)125-48-75(106-115-125)39-84(57-149-97(138)65(13)14)126-49-76(107-116-126)40-85(58-150-98(139)66(15)16)127-50-77(108-117-127)41-99-86(129)20-18-17-19-23-119-89(130)87-67-21-22-68(32-67)88(87)90(119)131/h21-22,42-50,59-68,78-85,87-88,128H,17-20,23-41,51-58H2,1-16H3,(H,99,129)/t67?,68?,78-,79-,80-,81-,82-,83-,84-,85-,87?,88?/m0/s1. The van der Waals surface area contributed by atoms with E-state index in [1.165, 1.54) is 14.3 Å². The Morgan fingerprint density at radius 1 is 0.300 bits per heavy atom. The molecule has 0 aromatic carbocycles. The molecule has 2 fully saturated rings. The van der Waals surface area contributed by atoms with Gasteiger partial charge >= 0.3 is 47.8 Å². The minimum absolute atomic E-state index is 0.0536. The zero-order valence-corrected chi connectivity index (χ0v) is 88.3. The van der Waals surface area contributed by atoms with Crippen LogP contribution in [-0.2, 0) is 169 Å². The van der Waals surface area contributed by atoms with Crippen molar-refractivity contribution >= 4 is 65.5 Å². The number of hydrogen-bond acceptors (Lipinski definition) is 41. The smallest absolute Gasteiger partial charge is 0.308 e. The second kappa shape index (κ2) is 56.2. The lowest BCUT2D eigenvalue weighted by Gasteiger charge is -2.18. The van der Waals surface area contributed by atoms with Gasteiger partial charge in [-0.25, -0.2) is 42.1 Å². The summed E-state index contributed by atoms with van der Waals surface area (Å²) >= 11 is 0. The number of ether oxygens (including phenoxy) is 11. The van der Waals surface area contributed by atoms with E-state index in [-0.39, 0.29) is 172 Å². The third-order valence-electron chi connectivity index (χ3n) is 25.5. The lowest BCUT2D eigenvalue weighted by Crippen LogP contribution is -2.33. The SMILES string of the molecule is CC(C)C(=O)OC[C@H](Cc1cn(CCOCCOCCOCCO)nn1)n1cc(C[C@@H](COC(=O)C(C)C)n2cc(C[C@@H](COC(=O)C(C)C)n3cc(C[C@@H](COC(=O)C(C)C)n4cc(C[C@@H](COC(=O)C(C)C)n5cc(C[C@@H](COC(=O)C(C)C)n6cc(C[C@@H](COC(=O)C(C)C)n7cc(C[C@@H](COC(=O)C(C)C)n8cc(CNC(=O)CCCCCN9C(=O)C%10C%11C=CC(C%11)C%10C9=O)nn8)nn7)nn6)nn5)nn4)nn3)nn2)nn1. The van der Waals surface area contributed by atoms with E-state index in [4.69, 9.17) is 57.2 Å². The van der Waals surface area contributed by atoms with E-state index < -0.39 is 143 Å². The summed E-state index contributed by atoms with van der Waals surface area (Å²) in [5.41, 5.74) is 3.98. The number of rotatable bonds is 67. The molecule has 9 aromatic heterocycles. The predicted molar refractivity (Wildman–Crippen MR) is 523 cm³/mol. The van der Waals surface area contributed by atoms with Crippen molar-refractivity contribution in [2.24, 2.45) is 71.0 Å². The third kappa shape index (κ3) is 33.9. The molecule has 150 heavy (non-hydrogen) atoms. The van der Waals surface area contributed by atoms with Gasteiger partial charge in [0.2, 0.25) is 17.7 Å². The first kappa shape index (κ1) is 115. The van der Waals surface area contributed by atoms with Gasteiger partial charge in [-0.15, -0.1) is 45.9 Å². The van der Waals surface area contributed by atoms with Crippen LogP contribution >= 0.6 is 0 Å². The number of hydrogen-bond donors (Lipinski definition) is 2. The molecule has 3 amide bonds. The topological polar surface area (TPSA) is 601 Å². The van der Waals surface area contributed by atoms with Gasteiger partial charge in [-0.05, 0) is 31.1 Å². The van der Waals surface area contributed by atoms with Crippen molar-refractivity contribution in [2.45, 2.75) is 256 Å². The number of unbranched alkanes of at least 4 members (excludes halogenated alkanes) is 2. The molecule has 1 saturated carbocycles. The molecule has 2 bridgehead atoms. The number of fused-ring (bicyclic) bond motifs is 5. The van der Waals surface area contributed by atoms with Gasteiger partial charge in [-0.1, -0.05) is 176 Å². The molecule has 0 radical (unpaired) electrons. The second-order valence-corrected chi connectivity index (χ2v) is 40.6. The quantitative estimate of drug-likeness (QED) is 0.0168. The molecule has 52 nitrogen and oxygen atoms in total. The molecule has 0 spiro atoms. The Labute approximate surface area is 868 Å². The Morgan fingerprint density at radius 2 is 0.533 bits per heavy atom. The number of aliphatic hydroxyl groups is 1. The van der Waals surface area contributed by atoms with Crippen LogP contribution in [0.5, 0.6) is 0 Å². The van der Waals surface area contributed by atoms with Gasteiger partial charge in [0, 0.05) is 114 Å². The van der Waals surface area contributed by atoms with Crippen molar-refractivity contribution in [1.29, 1.82) is 0 Å². The molecule has 1 saturated heterocycles. The van der Waals surface area contributed by atoms with E-state index in [1.54, 1.807) is 199 Å². The number of nitrogens with one attached hydrogen (secondary N) is 1. The highest BCUT2D eigenvalue weighted by molar-refractivity contribution is 6.06. The van der Waals surface area contributed by atoms with Crippen molar-refractivity contribution in [3.63, 3.8) is 0 Å². The fraction of sp³-hybridized carbons (Fsp3) is 0.684. The zero-order valence-electron chi connectivity index (χ0n) is 88.3. The number of allylic oxidation sites excluding steroid dienone is 2. The molecule has 12 atom stereocenters. The first-order valence-corrected chi connectivity index (χ1v) is 51.5. The van der Waals surface area contributed by atoms with Crippen LogP contribution in [0.4, 0.5) is 0 Å². The molecule has 12 rings (SSSR count). The van der Waals surface area contributed by atoms with E-state index in [1.807, 2.05) is 0 Å². The van der Waals surface area contributed by atoms with Crippen LogP contribution in [0.15, 0.2) is 67.9 Å². The van der Waals surface area contributed by atoms with Crippen molar-refractivity contribution in [2.75, 3.05) is 106 Å². The van der Waals surface area contributed by atoms with E-state index in [9.17, 15) is 52.7 Å². The van der Waals surface area contributed by atoms with E-state index >= 15 is 0 Å². The maximum atomic E-state index is 13.3. The zero-order chi connectivity index (χ0) is 108. The fourth-order valence-electron chi connectivity index (χ4n) is 16.7. The molecule has 3 aliphatic rings. The average molecular weight is 2100 g/mol. The number of aromatic nitrogens is 27. The summed E-state index contributed by atoms with van der Waals surface area (Å²) in [6.07, 6.45) is 23.1. The van der Waals surface area contributed by atoms with Crippen LogP contribution in [0.3, 0.4) is 0 Å². The normalized spacial score (nSPS) is 16.6. The summed E-state index contributed by atoms with van der Waals surface area (Å²) in [5, 5.41) is 92.8. The second-order valence-electron chi connectivity index (χ2n) is 40.6. The Morgan fingerprint density at radius 3 is 0.793 bits per heavy atom. The Bertz CT molecular complexity index is 5840. The maximum absolute atomic E-state index is 13.3. The van der Waals surface area contributed by atoms with Gasteiger partial charge in [-0.3, -0.25) is 57.6 Å². The average Bonchev–Trinajstić information content (AvgIpc) is 1.57. The molecule has 4 unspecified atom stereocenters. The van der Waals surface area contributed by atoms with Crippen LogP contribution < -0.4 is 5.32 Å². The number of carbonyl (C=O) groups is 11. The maximum Gasteiger partial charge on any atom is 0.308 e. The third-order valence-corrected chi connectivity index (χ3v) is 25.5. The van der Waals surface area contributed by atoms with Crippen LogP contribution in [0.1, 0.15) is 242 Å². The molecule has 2 aliphatic carbocycles. The summed E-state index contributed by atoms with van der Waals surface area (Å²) < 4.78 is 77.2. The van der Waals surface area contributed by atoms with Crippen molar-refractivity contribution in [3.05, 3.63) is 119 Å². The molecule has 1 aliphatic heterocycles. The highest BCUT2D eigenvalue weighted by atomic mass is 16.6. The number of esters is 8. The number of carbonyl (C=O) groups excluding carboxylic acids is 11. The lowest BCUT2D eigenvalue weighted by molar-refractivity contribution is -0.149. The predicted octanol–water partition coefficient (Wildman–Crippen LogP) is 4.90. The van der Waals surface area contributed by atoms with Gasteiger partial charge in [-0.2, -0.15) is 0 Å². The minimum atomic E-state index is -0.759. The Balaban J connectivity index is 0.713. The largest absolute Gasteiger partial charge is 0.463 e. The summed E-state index contributed by atoms with van der Waals surface area (Å²) in [6, 6.07) is -5.65. The van der Waals surface area contributed by atoms with Gasteiger partial charge in [0.1, 0.15) is 58.5 Å². The minimum Gasteiger partial charge on any atom is -0.463 e. The van der Waals surface area contributed by atoms with Crippen molar-refractivity contribution in [1.82, 2.24) is 145 Å². The highest BCUT2D eigenvalue weighted by Crippen LogP contribution is 2.52. The van der Waals surface area contributed by atoms with Gasteiger partial charge < -0.3 is 62.5 Å². The van der Waals surface area contributed by atoms with Crippen LogP contribution in [-0.4, -0.2) is 316 Å². The first-order chi connectivity index (χ1) is 71.9. The number of aliphatic hydroxyl groups excluding tert-OH is 1.